The van der Waals surface area contributed by atoms with E-state index in [1.54, 1.807) is 15.6 Å². The first kappa shape index (κ1) is 14.9. The lowest BCUT2D eigenvalue weighted by Gasteiger charge is -2.31. The van der Waals surface area contributed by atoms with Gasteiger partial charge < -0.3 is 5.32 Å². The maximum atomic E-state index is 12.1. The normalized spacial score (nSPS) is 18.8. The van der Waals surface area contributed by atoms with Gasteiger partial charge in [0.05, 0.1) is 0 Å². The highest BCUT2D eigenvalue weighted by atomic mass is 32.2. The quantitative estimate of drug-likeness (QED) is 0.824. The van der Waals surface area contributed by atoms with Crippen molar-refractivity contribution in [3.8, 4) is 0 Å². The van der Waals surface area contributed by atoms with Crippen LogP contribution in [0.5, 0.6) is 0 Å². The molecule has 2 N–H and O–H groups in total. The summed E-state index contributed by atoms with van der Waals surface area (Å²) in [4.78, 5) is 1.04. The zero-order chi connectivity index (χ0) is 13.7. The molecule has 1 fully saturated rings. The molecule has 2 heterocycles. The fraction of sp³-hybridized carbons (Fsp3) is 0.667. The fourth-order valence-corrected chi connectivity index (χ4v) is 4.26. The van der Waals surface area contributed by atoms with Gasteiger partial charge in [-0.3, -0.25) is 0 Å². The van der Waals surface area contributed by atoms with Crippen LogP contribution < -0.4 is 10.0 Å². The summed E-state index contributed by atoms with van der Waals surface area (Å²) in [7, 11) is -1.39. The summed E-state index contributed by atoms with van der Waals surface area (Å²) >= 11 is 1.56. The van der Waals surface area contributed by atoms with Crippen molar-refractivity contribution in [3.63, 3.8) is 0 Å². The molecule has 1 aromatic rings. The third kappa shape index (κ3) is 4.25. The van der Waals surface area contributed by atoms with Crippen molar-refractivity contribution < 1.29 is 8.42 Å². The van der Waals surface area contributed by atoms with Crippen LogP contribution in [0.2, 0.25) is 0 Å². The van der Waals surface area contributed by atoms with Crippen molar-refractivity contribution in [1.29, 1.82) is 0 Å². The zero-order valence-electron chi connectivity index (χ0n) is 11.1. The van der Waals surface area contributed by atoms with Crippen LogP contribution >= 0.6 is 11.3 Å². The number of rotatable bonds is 6. The first-order chi connectivity index (χ1) is 9.12. The number of nitrogens with zero attached hydrogens (tertiary/aromatic N) is 1. The average molecular weight is 303 g/mol. The van der Waals surface area contributed by atoms with E-state index < -0.39 is 10.2 Å². The van der Waals surface area contributed by atoms with Crippen molar-refractivity contribution in [2.24, 2.45) is 5.92 Å². The number of nitrogens with one attached hydrogen (secondary N) is 2. The Labute approximate surface area is 119 Å². The number of hydrogen-bond donors (Lipinski definition) is 2. The van der Waals surface area contributed by atoms with E-state index in [1.165, 1.54) is 0 Å². The molecule has 0 unspecified atom stereocenters. The second-order valence-corrected chi connectivity index (χ2v) is 7.59. The SMILES string of the molecule is CNCC1CCN(S(=O)(=O)NCc2cccs2)CC1. The van der Waals surface area contributed by atoms with E-state index in [0.717, 1.165) is 24.3 Å². The predicted octanol–water partition coefficient (Wildman–Crippen LogP) is 1.01. The van der Waals surface area contributed by atoms with Crippen molar-refractivity contribution >= 4 is 21.5 Å². The van der Waals surface area contributed by atoms with E-state index in [9.17, 15) is 8.42 Å². The van der Waals surface area contributed by atoms with Crippen LogP contribution in [0.25, 0.3) is 0 Å². The highest BCUT2D eigenvalue weighted by Gasteiger charge is 2.27. The highest BCUT2D eigenvalue weighted by molar-refractivity contribution is 7.87. The number of piperidine rings is 1. The van der Waals surface area contributed by atoms with E-state index in [4.69, 9.17) is 0 Å². The van der Waals surface area contributed by atoms with Crippen molar-refractivity contribution in [3.05, 3.63) is 22.4 Å². The minimum absolute atomic E-state index is 0.385. The Balaban J connectivity index is 1.83. The highest BCUT2D eigenvalue weighted by Crippen LogP contribution is 2.18. The van der Waals surface area contributed by atoms with Crippen LogP contribution in [-0.2, 0) is 16.8 Å². The van der Waals surface area contributed by atoms with E-state index in [0.29, 0.717) is 25.6 Å². The second-order valence-electron chi connectivity index (χ2n) is 4.81. The van der Waals surface area contributed by atoms with Crippen LogP contribution in [0.3, 0.4) is 0 Å². The van der Waals surface area contributed by atoms with Gasteiger partial charge in [0, 0.05) is 24.5 Å². The lowest BCUT2D eigenvalue weighted by Crippen LogP contribution is -2.45. The van der Waals surface area contributed by atoms with Gasteiger partial charge in [0.25, 0.3) is 10.2 Å². The monoisotopic (exact) mass is 303 g/mol. The maximum Gasteiger partial charge on any atom is 0.279 e. The van der Waals surface area contributed by atoms with Gasteiger partial charge >= 0.3 is 0 Å². The lowest BCUT2D eigenvalue weighted by molar-refractivity contribution is 0.268. The third-order valence-corrected chi connectivity index (χ3v) is 5.85. The Bertz CT molecular complexity index is 465. The second kappa shape index (κ2) is 6.81. The molecule has 1 aliphatic rings. The Morgan fingerprint density at radius 1 is 1.42 bits per heavy atom. The first-order valence-corrected chi connectivity index (χ1v) is 8.85. The molecule has 0 bridgehead atoms. The van der Waals surface area contributed by atoms with Gasteiger partial charge in [-0.25, -0.2) is 0 Å². The Kier molecular flexibility index (Phi) is 5.35. The molecule has 7 heteroatoms. The minimum atomic E-state index is -3.33. The van der Waals surface area contributed by atoms with Crippen LogP contribution in [0.1, 0.15) is 17.7 Å². The minimum Gasteiger partial charge on any atom is -0.319 e. The van der Waals surface area contributed by atoms with E-state index in [2.05, 4.69) is 10.0 Å². The van der Waals surface area contributed by atoms with Gasteiger partial charge in [-0.2, -0.15) is 17.4 Å². The summed E-state index contributed by atoms with van der Waals surface area (Å²) in [5.41, 5.74) is 0. The maximum absolute atomic E-state index is 12.1. The molecule has 1 aromatic heterocycles. The molecular weight excluding hydrogens is 282 g/mol. The van der Waals surface area contributed by atoms with Gasteiger partial charge in [0.15, 0.2) is 0 Å². The topological polar surface area (TPSA) is 61.4 Å². The van der Waals surface area contributed by atoms with Gasteiger partial charge in [0.1, 0.15) is 0 Å². The molecule has 0 aliphatic carbocycles. The molecule has 0 aromatic carbocycles. The van der Waals surface area contributed by atoms with E-state index in [1.807, 2.05) is 24.6 Å². The average Bonchev–Trinajstić information content (AvgIpc) is 2.91. The molecule has 1 saturated heterocycles. The molecule has 0 amide bonds. The number of thiophene rings is 1. The van der Waals surface area contributed by atoms with Crippen LogP contribution in [0.4, 0.5) is 0 Å². The molecular formula is C12H21N3O2S2. The third-order valence-electron chi connectivity index (χ3n) is 3.42. The lowest BCUT2D eigenvalue weighted by atomic mass is 9.98. The summed E-state index contributed by atoms with van der Waals surface area (Å²) in [5, 5.41) is 5.10. The van der Waals surface area contributed by atoms with Gasteiger partial charge in [-0.15, -0.1) is 11.3 Å². The Hall–Kier alpha value is -0.470. The van der Waals surface area contributed by atoms with Crippen molar-refractivity contribution in [2.45, 2.75) is 19.4 Å². The van der Waals surface area contributed by atoms with E-state index >= 15 is 0 Å². The number of hydrogen-bond acceptors (Lipinski definition) is 4. The van der Waals surface area contributed by atoms with E-state index in [-0.39, 0.29) is 0 Å². The molecule has 5 nitrogen and oxygen atoms in total. The molecule has 0 spiro atoms. The standard InChI is InChI=1S/C12H21N3O2S2/c1-13-9-11-4-6-15(7-5-11)19(16,17)14-10-12-3-2-8-18-12/h2-3,8,11,13-14H,4-7,9-10H2,1H3. The fourth-order valence-electron chi connectivity index (χ4n) is 2.31. The van der Waals surface area contributed by atoms with Gasteiger partial charge in [-0.05, 0) is 43.8 Å². The summed E-state index contributed by atoms with van der Waals surface area (Å²) in [6.07, 6.45) is 1.86. The van der Waals surface area contributed by atoms with Crippen LogP contribution in [0, 0.1) is 5.92 Å². The first-order valence-electron chi connectivity index (χ1n) is 6.53. The van der Waals surface area contributed by atoms with Crippen LogP contribution in [0.15, 0.2) is 17.5 Å². The van der Waals surface area contributed by atoms with Crippen molar-refractivity contribution in [2.75, 3.05) is 26.7 Å². The molecule has 0 atom stereocenters. The van der Waals surface area contributed by atoms with Gasteiger partial charge in [0.2, 0.25) is 0 Å². The molecule has 108 valence electrons. The molecule has 0 saturated carbocycles. The smallest absolute Gasteiger partial charge is 0.279 e. The largest absolute Gasteiger partial charge is 0.319 e. The molecule has 1 aliphatic heterocycles. The van der Waals surface area contributed by atoms with Crippen LogP contribution in [-0.4, -0.2) is 39.4 Å². The summed E-state index contributed by atoms with van der Waals surface area (Å²) in [6, 6.07) is 3.86. The zero-order valence-corrected chi connectivity index (χ0v) is 12.8. The molecule has 0 radical (unpaired) electrons. The summed E-state index contributed by atoms with van der Waals surface area (Å²) in [5.74, 6) is 0.591. The summed E-state index contributed by atoms with van der Waals surface area (Å²) in [6.45, 7) is 2.59. The molecule has 2 rings (SSSR count). The molecule has 19 heavy (non-hydrogen) atoms. The Morgan fingerprint density at radius 2 is 2.16 bits per heavy atom. The Morgan fingerprint density at radius 3 is 2.74 bits per heavy atom. The van der Waals surface area contributed by atoms with Crippen molar-refractivity contribution in [1.82, 2.24) is 14.3 Å². The summed E-state index contributed by atoms with van der Waals surface area (Å²) < 4.78 is 28.5. The van der Waals surface area contributed by atoms with Gasteiger partial charge in [-0.1, -0.05) is 6.07 Å². The predicted molar refractivity (Wildman–Crippen MR) is 78.3 cm³/mol.